The quantitative estimate of drug-likeness (QED) is 0.740. The van der Waals surface area contributed by atoms with Crippen molar-refractivity contribution in [2.24, 2.45) is 5.92 Å². The molecule has 0 atom stereocenters. The number of hydrogen-bond donors (Lipinski definition) is 0. The Kier molecular flexibility index (Phi) is 4.53. The Labute approximate surface area is 102 Å². The van der Waals surface area contributed by atoms with Crippen LogP contribution in [0.4, 0.5) is 0 Å². The van der Waals surface area contributed by atoms with Crippen molar-refractivity contribution in [3.05, 3.63) is 0 Å². The van der Waals surface area contributed by atoms with Gasteiger partial charge in [-0.05, 0) is 31.9 Å². The van der Waals surface area contributed by atoms with Crippen molar-refractivity contribution in [2.45, 2.75) is 30.9 Å². The number of amides is 1. The molecule has 16 heavy (non-hydrogen) atoms. The van der Waals surface area contributed by atoms with Crippen LogP contribution < -0.4 is 0 Å². The molecule has 92 valence electrons. The Morgan fingerprint density at radius 2 is 1.81 bits per heavy atom. The molecule has 2 aliphatic rings. The van der Waals surface area contributed by atoms with Crippen molar-refractivity contribution in [3.8, 4) is 0 Å². The first-order valence-corrected chi connectivity index (χ1v) is 7.49. The highest BCUT2D eigenvalue weighted by Gasteiger charge is 2.29. The topological polar surface area (TPSA) is 29.5 Å². The molecule has 4 heteroatoms. The van der Waals surface area contributed by atoms with Crippen LogP contribution >= 0.6 is 11.8 Å². The van der Waals surface area contributed by atoms with Crippen molar-refractivity contribution in [2.75, 3.05) is 32.6 Å². The lowest BCUT2D eigenvalue weighted by Gasteiger charge is -2.33. The largest absolute Gasteiger partial charge is 0.378 e. The van der Waals surface area contributed by atoms with E-state index in [9.17, 15) is 4.79 Å². The van der Waals surface area contributed by atoms with Gasteiger partial charge in [-0.25, -0.2) is 0 Å². The van der Waals surface area contributed by atoms with Crippen LogP contribution in [0.3, 0.4) is 0 Å². The normalized spacial score (nSPS) is 31.4. The van der Waals surface area contributed by atoms with Gasteiger partial charge >= 0.3 is 0 Å². The number of morpholine rings is 1. The Balaban J connectivity index is 1.81. The van der Waals surface area contributed by atoms with E-state index in [1.807, 2.05) is 16.7 Å². The SMILES string of the molecule is CSC1CCC(C(=O)N2CCOCC2)CC1. The first-order chi connectivity index (χ1) is 7.81. The Hall–Kier alpha value is -0.220. The summed E-state index contributed by atoms with van der Waals surface area (Å²) in [5.41, 5.74) is 0. The van der Waals surface area contributed by atoms with E-state index >= 15 is 0 Å². The summed E-state index contributed by atoms with van der Waals surface area (Å²) in [5.74, 6) is 0.671. The Morgan fingerprint density at radius 3 is 2.38 bits per heavy atom. The molecule has 0 aromatic rings. The molecule has 0 N–H and O–H groups in total. The zero-order valence-corrected chi connectivity index (χ0v) is 10.8. The highest BCUT2D eigenvalue weighted by Crippen LogP contribution is 2.31. The number of ether oxygens (including phenoxy) is 1. The lowest BCUT2D eigenvalue weighted by atomic mass is 9.88. The van der Waals surface area contributed by atoms with E-state index in [-0.39, 0.29) is 0 Å². The first kappa shape index (κ1) is 12.2. The van der Waals surface area contributed by atoms with Gasteiger partial charge in [-0.1, -0.05) is 0 Å². The maximum atomic E-state index is 12.2. The molecule has 0 unspecified atom stereocenters. The van der Waals surface area contributed by atoms with E-state index in [1.165, 1.54) is 12.8 Å². The predicted molar refractivity (Wildman–Crippen MR) is 66.7 cm³/mol. The summed E-state index contributed by atoms with van der Waals surface area (Å²) in [6.45, 7) is 3.01. The third-order valence-corrected chi connectivity index (χ3v) is 4.82. The number of thioether (sulfide) groups is 1. The van der Waals surface area contributed by atoms with Crippen LogP contribution in [0.1, 0.15) is 25.7 Å². The smallest absolute Gasteiger partial charge is 0.225 e. The molecule has 0 radical (unpaired) electrons. The predicted octanol–water partition coefficient (Wildman–Crippen LogP) is 1.77. The fourth-order valence-corrected chi connectivity index (χ4v) is 3.33. The second-order valence-corrected chi connectivity index (χ2v) is 5.79. The second-order valence-electron chi connectivity index (χ2n) is 4.65. The first-order valence-electron chi connectivity index (χ1n) is 6.20. The molecule has 1 aliphatic carbocycles. The van der Waals surface area contributed by atoms with Crippen molar-refractivity contribution in [1.82, 2.24) is 4.90 Å². The maximum absolute atomic E-state index is 12.2. The van der Waals surface area contributed by atoms with Crippen LogP contribution in [0.2, 0.25) is 0 Å². The van der Waals surface area contributed by atoms with E-state index in [2.05, 4.69) is 6.26 Å². The van der Waals surface area contributed by atoms with E-state index in [1.54, 1.807) is 0 Å². The van der Waals surface area contributed by atoms with Gasteiger partial charge in [0.1, 0.15) is 0 Å². The third kappa shape index (κ3) is 2.92. The van der Waals surface area contributed by atoms with Crippen LogP contribution in [-0.4, -0.2) is 48.6 Å². The van der Waals surface area contributed by atoms with Crippen LogP contribution in [-0.2, 0) is 9.53 Å². The molecule has 1 amide bonds. The van der Waals surface area contributed by atoms with Gasteiger partial charge < -0.3 is 9.64 Å². The molecule has 0 aromatic heterocycles. The lowest BCUT2D eigenvalue weighted by Crippen LogP contribution is -2.44. The van der Waals surface area contributed by atoms with Gasteiger partial charge in [0, 0.05) is 24.3 Å². The monoisotopic (exact) mass is 243 g/mol. The van der Waals surface area contributed by atoms with E-state index in [4.69, 9.17) is 4.74 Å². The highest BCUT2D eigenvalue weighted by atomic mass is 32.2. The van der Waals surface area contributed by atoms with Gasteiger partial charge in [-0.2, -0.15) is 11.8 Å². The minimum absolute atomic E-state index is 0.293. The van der Waals surface area contributed by atoms with Crippen molar-refractivity contribution < 1.29 is 9.53 Å². The summed E-state index contributed by atoms with van der Waals surface area (Å²) >= 11 is 1.95. The molecule has 3 nitrogen and oxygen atoms in total. The Bertz CT molecular complexity index is 233. The third-order valence-electron chi connectivity index (χ3n) is 3.68. The molecule has 2 fully saturated rings. The summed E-state index contributed by atoms with van der Waals surface area (Å²) in [6.07, 6.45) is 6.77. The molecule has 0 spiro atoms. The lowest BCUT2D eigenvalue weighted by molar-refractivity contribution is -0.140. The standard InChI is InChI=1S/C12H21NO2S/c1-16-11-4-2-10(3-5-11)12(14)13-6-8-15-9-7-13/h10-11H,2-9H2,1H3. The van der Waals surface area contributed by atoms with Gasteiger partial charge in [-0.3, -0.25) is 4.79 Å². The molecule has 0 bridgehead atoms. The minimum atomic E-state index is 0.293. The second kappa shape index (κ2) is 5.92. The van der Waals surface area contributed by atoms with Gasteiger partial charge in [0.15, 0.2) is 0 Å². The fraction of sp³-hybridized carbons (Fsp3) is 0.917. The van der Waals surface area contributed by atoms with Crippen LogP contribution in [0.25, 0.3) is 0 Å². The summed E-state index contributed by atoms with van der Waals surface area (Å²) in [7, 11) is 0. The minimum Gasteiger partial charge on any atom is -0.378 e. The maximum Gasteiger partial charge on any atom is 0.225 e. The summed E-state index contributed by atoms with van der Waals surface area (Å²) in [5, 5.41) is 0.786. The van der Waals surface area contributed by atoms with Gasteiger partial charge in [0.05, 0.1) is 13.2 Å². The van der Waals surface area contributed by atoms with Gasteiger partial charge in [0.2, 0.25) is 5.91 Å². The van der Waals surface area contributed by atoms with E-state index in [0.29, 0.717) is 25.0 Å². The Morgan fingerprint density at radius 1 is 1.19 bits per heavy atom. The zero-order chi connectivity index (χ0) is 11.4. The molecule has 2 rings (SSSR count). The van der Waals surface area contributed by atoms with Crippen molar-refractivity contribution in [3.63, 3.8) is 0 Å². The van der Waals surface area contributed by atoms with Crippen molar-refractivity contribution in [1.29, 1.82) is 0 Å². The molecular weight excluding hydrogens is 222 g/mol. The molecule has 1 aliphatic heterocycles. The number of rotatable bonds is 2. The van der Waals surface area contributed by atoms with Crippen LogP contribution in [0.5, 0.6) is 0 Å². The van der Waals surface area contributed by atoms with Crippen molar-refractivity contribution >= 4 is 17.7 Å². The van der Waals surface area contributed by atoms with Crippen LogP contribution in [0.15, 0.2) is 0 Å². The summed E-state index contributed by atoms with van der Waals surface area (Å²) in [6, 6.07) is 0. The van der Waals surface area contributed by atoms with E-state index < -0.39 is 0 Å². The van der Waals surface area contributed by atoms with E-state index in [0.717, 1.165) is 31.2 Å². The zero-order valence-electron chi connectivity index (χ0n) is 9.98. The fourth-order valence-electron chi connectivity index (χ4n) is 2.59. The van der Waals surface area contributed by atoms with Gasteiger partial charge in [0.25, 0.3) is 0 Å². The highest BCUT2D eigenvalue weighted by molar-refractivity contribution is 7.99. The molecule has 1 heterocycles. The molecular formula is C12H21NO2S. The number of carbonyl (C=O) groups is 1. The number of carbonyl (C=O) groups excluding carboxylic acids is 1. The average Bonchev–Trinajstić information content (AvgIpc) is 2.39. The average molecular weight is 243 g/mol. The number of nitrogens with zero attached hydrogens (tertiary/aromatic N) is 1. The van der Waals surface area contributed by atoms with Crippen LogP contribution in [0, 0.1) is 5.92 Å². The van der Waals surface area contributed by atoms with Gasteiger partial charge in [-0.15, -0.1) is 0 Å². The summed E-state index contributed by atoms with van der Waals surface area (Å²) in [4.78, 5) is 14.2. The molecule has 0 aromatic carbocycles. The number of hydrogen-bond acceptors (Lipinski definition) is 3. The molecule has 1 saturated heterocycles. The summed E-state index contributed by atoms with van der Waals surface area (Å²) < 4.78 is 5.27. The molecule has 1 saturated carbocycles.